The van der Waals surface area contributed by atoms with Crippen LogP contribution in [0.2, 0.25) is 0 Å². The van der Waals surface area contributed by atoms with E-state index in [1.165, 1.54) is 0 Å². The van der Waals surface area contributed by atoms with Crippen LogP contribution in [0.25, 0.3) is 0 Å². The summed E-state index contributed by atoms with van der Waals surface area (Å²) in [5, 5.41) is 0. The van der Waals surface area contributed by atoms with Gasteiger partial charge in [0, 0.05) is 6.42 Å². The summed E-state index contributed by atoms with van der Waals surface area (Å²) < 4.78 is 164. The molecule has 23 heavy (non-hydrogen) atoms. The highest BCUT2D eigenvalue weighted by Gasteiger charge is 2.93. The molecule has 0 radical (unpaired) electrons. The average Bonchev–Trinajstić information content (AvgIpc) is 2.31. The monoisotopic (exact) mass is 376 g/mol. The Morgan fingerprint density at radius 3 is 1.17 bits per heavy atom. The highest BCUT2D eigenvalue weighted by Crippen LogP contribution is 2.62. The predicted octanol–water partition coefficient (Wildman–Crippen LogP) is 5.92. The summed E-state index contributed by atoms with van der Waals surface area (Å²) in [5.41, 5.74) is -7.86. The first-order valence-electron chi connectivity index (χ1n) is 5.77. The Morgan fingerprint density at radius 2 is 0.913 bits per heavy atom. The minimum Gasteiger partial charge on any atom is -0.216 e. The standard InChI is InChI=1S/C10H9F13/c1-2-3-4-5(11,12)7(14,15)8(16,17)6(13,9(18,19)20)10(21,22)23/h2-4H2,1H3. The normalized spacial score (nSPS) is 15.9. The molecule has 140 valence electrons. The van der Waals surface area contributed by atoms with Crippen molar-refractivity contribution in [2.45, 2.75) is 62.0 Å². The molecule has 0 amide bonds. The molecule has 0 aromatic rings. The first-order valence-corrected chi connectivity index (χ1v) is 5.77. The van der Waals surface area contributed by atoms with E-state index in [1.54, 1.807) is 0 Å². The highest BCUT2D eigenvalue weighted by molar-refractivity contribution is 5.14. The van der Waals surface area contributed by atoms with Gasteiger partial charge in [0.25, 0.3) is 0 Å². The van der Waals surface area contributed by atoms with Gasteiger partial charge in [0.15, 0.2) is 0 Å². The van der Waals surface area contributed by atoms with E-state index in [0.717, 1.165) is 6.92 Å². The second kappa shape index (κ2) is 5.87. The second-order valence-corrected chi connectivity index (χ2v) is 4.61. The average molecular weight is 376 g/mol. The first kappa shape index (κ1) is 22.1. The molecule has 0 unspecified atom stereocenters. The van der Waals surface area contributed by atoms with Crippen molar-refractivity contribution in [2.24, 2.45) is 0 Å². The molecule has 0 aliphatic rings. The molecule has 0 heterocycles. The van der Waals surface area contributed by atoms with E-state index >= 15 is 0 Å². The van der Waals surface area contributed by atoms with E-state index in [0.29, 0.717) is 0 Å². The summed E-state index contributed by atoms with van der Waals surface area (Å²) in [6, 6.07) is 0. The molecule has 0 spiro atoms. The Bertz CT molecular complexity index is 388. The van der Waals surface area contributed by atoms with E-state index in [1.807, 2.05) is 0 Å². The molecule has 0 saturated carbocycles. The SMILES string of the molecule is CCCCC(F)(F)C(F)(F)C(F)(F)C(F)(C(F)(F)F)C(F)(F)F. The Hall–Kier alpha value is -0.910. The van der Waals surface area contributed by atoms with Gasteiger partial charge in [-0.3, -0.25) is 0 Å². The molecule has 0 N–H and O–H groups in total. The van der Waals surface area contributed by atoms with Gasteiger partial charge in [-0.15, -0.1) is 0 Å². The van der Waals surface area contributed by atoms with Crippen molar-refractivity contribution >= 4 is 0 Å². The summed E-state index contributed by atoms with van der Waals surface area (Å²) in [5.74, 6) is -21.0. The minimum absolute atomic E-state index is 0.309. The van der Waals surface area contributed by atoms with Gasteiger partial charge in [0.05, 0.1) is 0 Å². The maximum absolute atomic E-state index is 13.1. The number of rotatable bonds is 6. The van der Waals surface area contributed by atoms with Crippen molar-refractivity contribution in [2.75, 3.05) is 0 Å². The lowest BCUT2D eigenvalue weighted by atomic mass is 9.86. The summed E-state index contributed by atoms with van der Waals surface area (Å²) in [7, 11) is 0. The van der Waals surface area contributed by atoms with Gasteiger partial charge in [-0.05, 0) is 6.42 Å². The fourth-order valence-corrected chi connectivity index (χ4v) is 1.52. The molecule has 0 aliphatic heterocycles. The molecule has 0 bridgehead atoms. The molecule has 0 rings (SSSR count). The number of halogens is 13. The summed E-state index contributed by atoms with van der Waals surface area (Å²) in [6.45, 7) is 1.11. The zero-order valence-electron chi connectivity index (χ0n) is 11.0. The van der Waals surface area contributed by atoms with Gasteiger partial charge in [-0.1, -0.05) is 13.3 Å². The number of hydrogen-bond acceptors (Lipinski definition) is 0. The van der Waals surface area contributed by atoms with Crippen LogP contribution in [0.3, 0.4) is 0 Å². The zero-order valence-corrected chi connectivity index (χ0v) is 11.0. The van der Waals surface area contributed by atoms with Crippen LogP contribution in [0.4, 0.5) is 57.1 Å². The van der Waals surface area contributed by atoms with E-state index in [-0.39, 0.29) is 6.42 Å². The largest absolute Gasteiger partial charge is 0.438 e. The summed E-state index contributed by atoms with van der Waals surface area (Å²) in [6.07, 6.45) is -18.6. The topological polar surface area (TPSA) is 0 Å². The third kappa shape index (κ3) is 3.19. The van der Waals surface area contributed by atoms with Crippen molar-refractivity contribution in [3.63, 3.8) is 0 Å². The highest BCUT2D eigenvalue weighted by atomic mass is 19.4. The zero-order chi connectivity index (χ0) is 19.1. The molecule has 0 saturated heterocycles. The lowest BCUT2D eigenvalue weighted by molar-refractivity contribution is -0.444. The van der Waals surface area contributed by atoms with Gasteiger partial charge in [-0.2, -0.15) is 52.7 Å². The van der Waals surface area contributed by atoms with E-state index < -0.39 is 48.6 Å². The molecule has 0 aromatic heterocycles. The number of alkyl halides is 13. The van der Waals surface area contributed by atoms with Crippen LogP contribution < -0.4 is 0 Å². The van der Waals surface area contributed by atoms with Gasteiger partial charge in [0.2, 0.25) is 0 Å². The van der Waals surface area contributed by atoms with Crippen LogP contribution in [0.1, 0.15) is 26.2 Å². The van der Waals surface area contributed by atoms with Crippen LogP contribution >= 0.6 is 0 Å². The van der Waals surface area contributed by atoms with Crippen molar-refractivity contribution in [1.82, 2.24) is 0 Å². The number of hydrogen-bond donors (Lipinski definition) is 0. The Labute approximate surface area is 120 Å². The lowest BCUT2D eigenvalue weighted by Crippen LogP contribution is -2.73. The fraction of sp³-hybridized carbons (Fsp3) is 1.00. The fourth-order valence-electron chi connectivity index (χ4n) is 1.52. The minimum atomic E-state index is -7.86. The van der Waals surface area contributed by atoms with Crippen LogP contribution in [0.15, 0.2) is 0 Å². The maximum atomic E-state index is 13.1. The van der Waals surface area contributed by atoms with Crippen molar-refractivity contribution < 1.29 is 57.1 Å². The molecule has 13 heteroatoms. The Kier molecular flexibility index (Phi) is 5.63. The quantitative estimate of drug-likeness (QED) is 0.505. The van der Waals surface area contributed by atoms with Crippen LogP contribution in [0, 0.1) is 0 Å². The summed E-state index contributed by atoms with van der Waals surface area (Å²) in [4.78, 5) is 0. The van der Waals surface area contributed by atoms with Gasteiger partial charge in [-0.25, -0.2) is 4.39 Å². The third-order valence-electron chi connectivity index (χ3n) is 2.91. The smallest absolute Gasteiger partial charge is 0.216 e. The van der Waals surface area contributed by atoms with Crippen LogP contribution in [-0.2, 0) is 0 Å². The first-order chi connectivity index (χ1) is 9.81. The van der Waals surface area contributed by atoms with Gasteiger partial charge >= 0.3 is 35.8 Å². The number of unbranched alkanes of at least 4 members (excludes halogenated alkanes) is 1. The molecule has 0 nitrogen and oxygen atoms in total. The molecule has 0 atom stereocenters. The Morgan fingerprint density at radius 1 is 0.565 bits per heavy atom. The third-order valence-corrected chi connectivity index (χ3v) is 2.91. The van der Waals surface area contributed by atoms with Crippen molar-refractivity contribution in [3.05, 3.63) is 0 Å². The molecule has 0 aliphatic carbocycles. The van der Waals surface area contributed by atoms with Gasteiger partial charge in [0.1, 0.15) is 0 Å². The van der Waals surface area contributed by atoms with Crippen molar-refractivity contribution in [3.8, 4) is 0 Å². The van der Waals surface area contributed by atoms with E-state index in [9.17, 15) is 57.1 Å². The molecule has 0 aromatic carbocycles. The second-order valence-electron chi connectivity index (χ2n) is 4.61. The molecular formula is C10H9F13. The molecule has 0 fully saturated rings. The Balaban J connectivity index is 6.28. The molecular weight excluding hydrogens is 367 g/mol. The maximum Gasteiger partial charge on any atom is 0.438 e. The van der Waals surface area contributed by atoms with E-state index in [4.69, 9.17) is 0 Å². The van der Waals surface area contributed by atoms with Crippen LogP contribution in [0.5, 0.6) is 0 Å². The predicted molar refractivity (Wildman–Crippen MR) is 50.3 cm³/mol. The van der Waals surface area contributed by atoms with Crippen LogP contribution in [-0.4, -0.2) is 35.8 Å². The summed E-state index contributed by atoms with van der Waals surface area (Å²) >= 11 is 0. The lowest BCUT2D eigenvalue weighted by Gasteiger charge is -2.41. The van der Waals surface area contributed by atoms with Gasteiger partial charge < -0.3 is 0 Å². The van der Waals surface area contributed by atoms with Crippen molar-refractivity contribution in [1.29, 1.82) is 0 Å². The van der Waals surface area contributed by atoms with E-state index in [2.05, 4.69) is 0 Å².